The lowest BCUT2D eigenvalue weighted by Gasteiger charge is -2.26. The highest BCUT2D eigenvalue weighted by Crippen LogP contribution is 2.22. The summed E-state index contributed by atoms with van der Waals surface area (Å²) >= 11 is 0. The monoisotopic (exact) mass is 274 g/mol. The standard InChI is InChI=1S/C10H18N4O3S/c1-14(7-8-2-4-17-5-3-8)18(15,16)9-6-12-13-10(9)11/h6,8H,2-5,7H2,1H3,(H3,11,12,13). The maximum atomic E-state index is 12.2. The molecule has 18 heavy (non-hydrogen) atoms. The molecular weight excluding hydrogens is 256 g/mol. The number of nitrogens with zero attached hydrogens (tertiary/aromatic N) is 2. The van der Waals surface area contributed by atoms with E-state index in [-0.39, 0.29) is 10.7 Å². The van der Waals surface area contributed by atoms with Crippen LogP contribution in [0.5, 0.6) is 0 Å². The van der Waals surface area contributed by atoms with Gasteiger partial charge >= 0.3 is 0 Å². The van der Waals surface area contributed by atoms with Gasteiger partial charge in [-0.05, 0) is 18.8 Å². The van der Waals surface area contributed by atoms with Gasteiger partial charge in [0.25, 0.3) is 0 Å². The highest BCUT2D eigenvalue weighted by Gasteiger charge is 2.27. The van der Waals surface area contributed by atoms with E-state index in [1.807, 2.05) is 0 Å². The first-order chi connectivity index (χ1) is 8.51. The molecule has 8 heteroatoms. The van der Waals surface area contributed by atoms with Crippen molar-refractivity contribution < 1.29 is 13.2 Å². The Labute approximate surface area is 106 Å². The summed E-state index contributed by atoms with van der Waals surface area (Å²) in [4.78, 5) is 0.0389. The highest BCUT2D eigenvalue weighted by molar-refractivity contribution is 7.89. The Kier molecular flexibility index (Phi) is 3.88. The predicted molar refractivity (Wildman–Crippen MR) is 66.4 cm³/mol. The van der Waals surface area contributed by atoms with Crippen molar-refractivity contribution in [3.63, 3.8) is 0 Å². The van der Waals surface area contributed by atoms with Gasteiger partial charge in [0.1, 0.15) is 10.7 Å². The van der Waals surface area contributed by atoms with Gasteiger partial charge in [-0.25, -0.2) is 12.7 Å². The molecule has 1 aliphatic rings. The van der Waals surface area contributed by atoms with E-state index in [1.54, 1.807) is 7.05 Å². The number of nitrogens with one attached hydrogen (secondary N) is 1. The van der Waals surface area contributed by atoms with E-state index in [4.69, 9.17) is 10.5 Å². The van der Waals surface area contributed by atoms with E-state index in [1.165, 1.54) is 10.5 Å². The van der Waals surface area contributed by atoms with E-state index < -0.39 is 10.0 Å². The van der Waals surface area contributed by atoms with Gasteiger partial charge in [0, 0.05) is 26.8 Å². The maximum absolute atomic E-state index is 12.2. The molecule has 0 saturated carbocycles. The topological polar surface area (TPSA) is 101 Å². The summed E-state index contributed by atoms with van der Waals surface area (Å²) in [6.45, 7) is 1.88. The van der Waals surface area contributed by atoms with Gasteiger partial charge in [-0.2, -0.15) is 5.10 Å². The van der Waals surface area contributed by atoms with Crippen molar-refractivity contribution in [2.45, 2.75) is 17.7 Å². The fraction of sp³-hybridized carbons (Fsp3) is 0.700. The SMILES string of the molecule is CN(CC1CCOCC1)S(=O)(=O)c1cn[nH]c1N. The van der Waals surface area contributed by atoms with Crippen molar-refractivity contribution in [3.05, 3.63) is 6.20 Å². The molecule has 0 aromatic carbocycles. The van der Waals surface area contributed by atoms with E-state index in [0.29, 0.717) is 25.7 Å². The molecule has 2 rings (SSSR count). The molecule has 1 saturated heterocycles. The molecule has 0 spiro atoms. The van der Waals surface area contributed by atoms with E-state index >= 15 is 0 Å². The number of anilines is 1. The van der Waals surface area contributed by atoms with Crippen LogP contribution < -0.4 is 5.73 Å². The number of H-pyrrole nitrogens is 1. The number of nitrogen functional groups attached to an aromatic ring is 1. The number of ether oxygens (including phenoxy) is 1. The molecule has 2 heterocycles. The Morgan fingerprint density at radius 3 is 2.78 bits per heavy atom. The molecule has 0 amide bonds. The zero-order valence-corrected chi connectivity index (χ0v) is 11.1. The minimum absolute atomic E-state index is 0.0389. The lowest BCUT2D eigenvalue weighted by atomic mass is 10.0. The first-order valence-electron chi connectivity index (χ1n) is 5.84. The van der Waals surface area contributed by atoms with Crippen molar-refractivity contribution in [3.8, 4) is 0 Å². The Balaban J connectivity index is 2.08. The van der Waals surface area contributed by atoms with Crippen molar-refractivity contribution in [1.29, 1.82) is 0 Å². The minimum atomic E-state index is -3.55. The number of aromatic amines is 1. The van der Waals surface area contributed by atoms with Gasteiger partial charge in [-0.15, -0.1) is 0 Å². The fourth-order valence-corrected chi connectivity index (χ4v) is 3.30. The molecule has 1 aromatic rings. The molecule has 0 unspecified atom stereocenters. The molecule has 0 radical (unpaired) electrons. The van der Waals surface area contributed by atoms with Crippen LogP contribution in [0.4, 0.5) is 5.82 Å². The first kappa shape index (κ1) is 13.3. The lowest BCUT2D eigenvalue weighted by Crippen LogP contribution is -2.34. The lowest BCUT2D eigenvalue weighted by molar-refractivity contribution is 0.0620. The number of sulfonamides is 1. The molecule has 1 aromatic heterocycles. The largest absolute Gasteiger partial charge is 0.383 e. The molecule has 3 N–H and O–H groups in total. The van der Waals surface area contributed by atoms with Crippen LogP contribution in [0.1, 0.15) is 12.8 Å². The molecule has 0 aliphatic carbocycles. The summed E-state index contributed by atoms with van der Waals surface area (Å²) in [6, 6.07) is 0. The summed E-state index contributed by atoms with van der Waals surface area (Å²) in [5, 5.41) is 6.08. The molecule has 0 bridgehead atoms. The Morgan fingerprint density at radius 1 is 1.56 bits per heavy atom. The van der Waals surface area contributed by atoms with Crippen LogP contribution in [0.2, 0.25) is 0 Å². The summed E-state index contributed by atoms with van der Waals surface area (Å²) in [6.07, 6.45) is 3.02. The second-order valence-corrected chi connectivity index (χ2v) is 6.50. The quantitative estimate of drug-likeness (QED) is 0.807. The fourth-order valence-electron chi connectivity index (χ4n) is 2.05. The van der Waals surface area contributed by atoms with Crippen LogP contribution in [0.3, 0.4) is 0 Å². The average molecular weight is 274 g/mol. The third-order valence-electron chi connectivity index (χ3n) is 3.18. The highest BCUT2D eigenvalue weighted by atomic mass is 32.2. The van der Waals surface area contributed by atoms with Crippen LogP contribution in [0.25, 0.3) is 0 Å². The van der Waals surface area contributed by atoms with Gasteiger partial charge in [-0.1, -0.05) is 0 Å². The molecule has 1 fully saturated rings. The zero-order chi connectivity index (χ0) is 13.2. The predicted octanol–water partition coefficient (Wildman–Crippen LogP) is 0.0390. The van der Waals surface area contributed by atoms with Gasteiger partial charge in [-0.3, -0.25) is 5.10 Å². The smallest absolute Gasteiger partial charge is 0.248 e. The second-order valence-electron chi connectivity index (χ2n) is 4.49. The third-order valence-corrected chi connectivity index (χ3v) is 5.03. The van der Waals surface area contributed by atoms with Gasteiger partial charge in [0.2, 0.25) is 10.0 Å². The second kappa shape index (κ2) is 5.25. The molecular formula is C10H18N4O3S. The minimum Gasteiger partial charge on any atom is -0.383 e. The van der Waals surface area contributed by atoms with Crippen LogP contribution in [-0.4, -0.2) is 49.7 Å². The summed E-state index contributed by atoms with van der Waals surface area (Å²) in [5.41, 5.74) is 5.55. The van der Waals surface area contributed by atoms with Crippen LogP contribution in [-0.2, 0) is 14.8 Å². The van der Waals surface area contributed by atoms with Crippen LogP contribution >= 0.6 is 0 Å². The number of nitrogens with two attached hydrogens (primary N) is 1. The van der Waals surface area contributed by atoms with Crippen molar-refractivity contribution in [1.82, 2.24) is 14.5 Å². The number of hydrogen-bond acceptors (Lipinski definition) is 5. The zero-order valence-electron chi connectivity index (χ0n) is 10.3. The molecule has 102 valence electrons. The normalized spacial score (nSPS) is 18.3. The van der Waals surface area contributed by atoms with Crippen molar-refractivity contribution >= 4 is 15.8 Å². The number of aromatic nitrogens is 2. The van der Waals surface area contributed by atoms with Crippen molar-refractivity contribution in [2.75, 3.05) is 32.5 Å². The Morgan fingerprint density at radius 2 is 2.22 bits per heavy atom. The number of rotatable bonds is 4. The Hall–Kier alpha value is -1.12. The molecule has 0 atom stereocenters. The maximum Gasteiger partial charge on any atom is 0.248 e. The van der Waals surface area contributed by atoms with Crippen LogP contribution in [0.15, 0.2) is 11.1 Å². The van der Waals surface area contributed by atoms with Crippen molar-refractivity contribution in [2.24, 2.45) is 5.92 Å². The third kappa shape index (κ3) is 2.65. The molecule has 7 nitrogen and oxygen atoms in total. The van der Waals surface area contributed by atoms with Gasteiger partial charge in [0.15, 0.2) is 0 Å². The van der Waals surface area contributed by atoms with E-state index in [9.17, 15) is 8.42 Å². The van der Waals surface area contributed by atoms with Gasteiger partial charge in [0.05, 0.1) is 6.20 Å². The van der Waals surface area contributed by atoms with E-state index in [2.05, 4.69) is 10.2 Å². The number of hydrogen-bond donors (Lipinski definition) is 2. The first-order valence-corrected chi connectivity index (χ1v) is 7.28. The average Bonchev–Trinajstić information content (AvgIpc) is 2.77. The van der Waals surface area contributed by atoms with Gasteiger partial charge < -0.3 is 10.5 Å². The summed E-state index contributed by atoms with van der Waals surface area (Å²) in [7, 11) is -1.99. The summed E-state index contributed by atoms with van der Waals surface area (Å²) in [5.74, 6) is 0.417. The van der Waals surface area contributed by atoms with E-state index in [0.717, 1.165) is 12.8 Å². The summed E-state index contributed by atoms with van der Waals surface area (Å²) < 4.78 is 31.1. The van der Waals surface area contributed by atoms with Crippen LogP contribution in [0, 0.1) is 5.92 Å². The Bertz CT molecular complexity index is 493. The molecule has 1 aliphatic heterocycles.